The molecule has 1 aromatic carbocycles. The number of benzene rings is 1. The van der Waals surface area contributed by atoms with Gasteiger partial charge in [-0.2, -0.15) is 0 Å². The van der Waals surface area contributed by atoms with Crippen LogP contribution >= 0.6 is 11.3 Å². The quantitative estimate of drug-likeness (QED) is 0.389. The summed E-state index contributed by atoms with van der Waals surface area (Å²) in [6.45, 7) is 9.88. The van der Waals surface area contributed by atoms with Gasteiger partial charge < -0.3 is 24.6 Å². The second-order valence-electron chi connectivity index (χ2n) is 10.2. The van der Waals surface area contributed by atoms with Crippen molar-refractivity contribution in [1.82, 2.24) is 20.4 Å². The van der Waals surface area contributed by atoms with Crippen LogP contribution in [0.5, 0.6) is 5.88 Å². The number of hydrogen-bond donors (Lipinski definition) is 2. The van der Waals surface area contributed by atoms with Gasteiger partial charge in [-0.15, -0.1) is 11.3 Å². The number of ether oxygens (including phenoxy) is 1. The molecule has 2 aromatic heterocycles. The van der Waals surface area contributed by atoms with E-state index in [1.54, 1.807) is 29.2 Å². The lowest BCUT2D eigenvalue weighted by molar-refractivity contribution is -0.141. The maximum atomic E-state index is 13.7. The van der Waals surface area contributed by atoms with E-state index in [9.17, 15) is 14.7 Å². The number of aliphatic hydroxyl groups excluding tert-OH is 1. The van der Waals surface area contributed by atoms with E-state index in [-0.39, 0.29) is 36.3 Å². The van der Waals surface area contributed by atoms with Crippen LogP contribution in [0.1, 0.15) is 69.5 Å². The summed E-state index contributed by atoms with van der Waals surface area (Å²) in [6, 6.07) is 8.99. The molecule has 4 rings (SSSR count). The molecule has 1 fully saturated rings. The smallest absolute Gasteiger partial charge is 0.254 e. The first-order valence-corrected chi connectivity index (χ1v) is 13.9. The van der Waals surface area contributed by atoms with Crippen LogP contribution in [0.15, 0.2) is 40.4 Å². The molecule has 2 amide bonds. The van der Waals surface area contributed by atoms with Gasteiger partial charge in [0.2, 0.25) is 11.8 Å². The van der Waals surface area contributed by atoms with E-state index >= 15 is 0 Å². The van der Waals surface area contributed by atoms with Crippen molar-refractivity contribution in [1.29, 1.82) is 0 Å². The summed E-state index contributed by atoms with van der Waals surface area (Å²) in [7, 11) is 0. The number of carbonyl (C=O) groups is 2. The first kappa shape index (κ1) is 27.8. The lowest BCUT2D eigenvalue weighted by atomic mass is 9.91. The predicted octanol–water partition coefficient (Wildman–Crippen LogP) is 4.47. The Labute approximate surface area is 227 Å². The monoisotopic (exact) mass is 540 g/mol. The third kappa shape index (κ3) is 6.07. The molecule has 38 heavy (non-hydrogen) atoms. The summed E-state index contributed by atoms with van der Waals surface area (Å²) in [5.41, 5.74) is 4.94. The molecule has 204 valence electrons. The lowest BCUT2D eigenvalue weighted by Crippen LogP contribution is -2.48. The normalized spacial score (nSPS) is 17.9. The van der Waals surface area contributed by atoms with Gasteiger partial charge in [0.25, 0.3) is 5.88 Å². The summed E-state index contributed by atoms with van der Waals surface area (Å²) in [4.78, 5) is 34.2. The molecule has 0 radical (unpaired) electrons. The van der Waals surface area contributed by atoms with E-state index in [1.165, 1.54) is 0 Å². The van der Waals surface area contributed by atoms with Crippen molar-refractivity contribution < 1.29 is 24.0 Å². The van der Waals surface area contributed by atoms with Crippen LogP contribution in [0.3, 0.4) is 0 Å². The standard InChI is InChI=1S/C28H36N4O5S/c1-16(2)25(23-13-24(31-37-23)36-17(3)14-33)28(35)32-12-6-7-22(32)27(34)30-18(4)20-8-10-21(11-9-20)26-19(5)29-15-38-26/h8-11,13,15-18,22,25,33H,6-7,12,14H2,1-5H3,(H,30,34)/t17-,18-,22?,25+/m0/s1. The minimum atomic E-state index is -0.599. The number of thiazole rings is 1. The van der Waals surface area contributed by atoms with Gasteiger partial charge in [0.05, 0.1) is 28.7 Å². The van der Waals surface area contributed by atoms with E-state index in [4.69, 9.17) is 9.26 Å². The summed E-state index contributed by atoms with van der Waals surface area (Å²) in [5.74, 6) is -0.388. The summed E-state index contributed by atoms with van der Waals surface area (Å²) in [5, 5.41) is 16.2. The largest absolute Gasteiger partial charge is 0.470 e. The molecule has 10 heteroatoms. The Morgan fingerprint density at radius 3 is 2.61 bits per heavy atom. The Kier molecular flexibility index (Phi) is 8.83. The van der Waals surface area contributed by atoms with E-state index in [0.29, 0.717) is 18.7 Å². The van der Waals surface area contributed by atoms with Crippen LogP contribution in [0.4, 0.5) is 0 Å². The van der Waals surface area contributed by atoms with Gasteiger partial charge in [-0.05, 0) is 55.8 Å². The number of nitrogens with zero attached hydrogens (tertiary/aromatic N) is 3. The maximum Gasteiger partial charge on any atom is 0.254 e. The number of nitrogens with one attached hydrogen (secondary N) is 1. The van der Waals surface area contributed by atoms with Crippen molar-refractivity contribution in [3.63, 3.8) is 0 Å². The number of likely N-dealkylation sites (tertiary alicyclic amines) is 1. The highest BCUT2D eigenvalue weighted by atomic mass is 32.1. The predicted molar refractivity (Wildman–Crippen MR) is 145 cm³/mol. The Hall–Kier alpha value is -3.24. The number of carbonyl (C=O) groups excluding carboxylic acids is 2. The molecule has 3 heterocycles. The molecular formula is C28H36N4O5S. The molecule has 9 nitrogen and oxygen atoms in total. The summed E-state index contributed by atoms with van der Waals surface area (Å²) in [6.07, 6.45) is 0.921. The Morgan fingerprint density at radius 1 is 1.24 bits per heavy atom. The van der Waals surface area contributed by atoms with Crippen LogP contribution in [-0.2, 0) is 9.59 Å². The number of aromatic nitrogens is 2. The van der Waals surface area contributed by atoms with Gasteiger partial charge in [-0.1, -0.05) is 38.1 Å². The van der Waals surface area contributed by atoms with Crippen LogP contribution in [0.2, 0.25) is 0 Å². The summed E-state index contributed by atoms with van der Waals surface area (Å²) >= 11 is 1.61. The number of hydrogen-bond acceptors (Lipinski definition) is 8. The fourth-order valence-corrected chi connectivity index (χ4v) is 5.64. The van der Waals surface area contributed by atoms with Crippen LogP contribution in [0, 0.1) is 12.8 Å². The zero-order valence-corrected chi connectivity index (χ0v) is 23.3. The number of amides is 2. The van der Waals surface area contributed by atoms with Crippen LogP contribution < -0.4 is 10.1 Å². The molecule has 3 aromatic rings. The molecule has 1 aliphatic rings. The summed E-state index contributed by atoms with van der Waals surface area (Å²) < 4.78 is 11.0. The van der Waals surface area contributed by atoms with Crippen LogP contribution in [-0.4, -0.2) is 57.3 Å². The first-order valence-electron chi connectivity index (χ1n) is 13.0. The fourth-order valence-electron chi connectivity index (χ4n) is 4.83. The number of aliphatic hydroxyl groups is 1. The number of aryl methyl sites for hydroxylation is 1. The molecule has 4 atom stereocenters. The molecular weight excluding hydrogens is 504 g/mol. The zero-order valence-electron chi connectivity index (χ0n) is 22.5. The minimum absolute atomic E-state index is 0.0810. The zero-order chi connectivity index (χ0) is 27.4. The molecule has 1 aliphatic heterocycles. The van der Waals surface area contributed by atoms with Crippen molar-refractivity contribution in [3.05, 3.63) is 52.9 Å². The SMILES string of the molecule is Cc1ncsc1-c1ccc([C@H](C)NC(=O)C2CCCN2C(=O)[C@@H](c2cc(O[C@@H](C)CO)no2)C(C)C)cc1. The van der Waals surface area contributed by atoms with E-state index < -0.39 is 18.1 Å². The molecule has 1 saturated heterocycles. The van der Waals surface area contributed by atoms with E-state index in [1.807, 2.05) is 57.5 Å². The first-order chi connectivity index (χ1) is 18.2. The third-order valence-electron chi connectivity index (χ3n) is 6.94. The average Bonchev–Trinajstić information content (AvgIpc) is 3.65. The molecule has 1 unspecified atom stereocenters. The van der Waals surface area contributed by atoms with Gasteiger partial charge in [0.15, 0.2) is 5.76 Å². The van der Waals surface area contributed by atoms with E-state index in [2.05, 4.69) is 15.5 Å². The Morgan fingerprint density at radius 2 is 1.97 bits per heavy atom. The Bertz CT molecular complexity index is 1240. The fraction of sp³-hybridized carbons (Fsp3) is 0.500. The van der Waals surface area contributed by atoms with Gasteiger partial charge >= 0.3 is 0 Å². The van der Waals surface area contributed by atoms with Gasteiger partial charge in [-0.3, -0.25) is 9.59 Å². The Balaban J connectivity index is 1.43. The van der Waals surface area contributed by atoms with E-state index in [0.717, 1.165) is 28.1 Å². The minimum Gasteiger partial charge on any atom is -0.470 e. The lowest BCUT2D eigenvalue weighted by Gasteiger charge is -2.29. The van der Waals surface area contributed by atoms with Crippen molar-refractivity contribution in [2.24, 2.45) is 5.92 Å². The average molecular weight is 541 g/mol. The van der Waals surface area contributed by atoms with Crippen molar-refractivity contribution in [3.8, 4) is 16.3 Å². The van der Waals surface area contributed by atoms with Crippen molar-refractivity contribution in [2.45, 2.75) is 71.6 Å². The van der Waals surface area contributed by atoms with Crippen LogP contribution in [0.25, 0.3) is 10.4 Å². The maximum absolute atomic E-state index is 13.7. The number of rotatable bonds is 10. The van der Waals surface area contributed by atoms with Gasteiger partial charge in [-0.25, -0.2) is 4.98 Å². The highest BCUT2D eigenvalue weighted by molar-refractivity contribution is 7.13. The molecule has 0 aliphatic carbocycles. The molecule has 2 N–H and O–H groups in total. The molecule has 0 bridgehead atoms. The molecule has 0 saturated carbocycles. The second kappa shape index (κ2) is 12.1. The second-order valence-corrected chi connectivity index (χ2v) is 11.1. The highest BCUT2D eigenvalue weighted by Gasteiger charge is 2.40. The topological polar surface area (TPSA) is 118 Å². The van der Waals surface area contributed by atoms with Crippen molar-refractivity contribution >= 4 is 23.2 Å². The third-order valence-corrected chi connectivity index (χ3v) is 7.92. The molecule has 0 spiro atoms. The highest BCUT2D eigenvalue weighted by Crippen LogP contribution is 2.33. The van der Waals surface area contributed by atoms with Gasteiger partial charge in [0, 0.05) is 12.6 Å². The van der Waals surface area contributed by atoms with Crippen molar-refractivity contribution in [2.75, 3.05) is 13.2 Å². The van der Waals surface area contributed by atoms with Gasteiger partial charge in [0.1, 0.15) is 18.1 Å².